The molecule has 1 rings (SSSR count). The first-order chi connectivity index (χ1) is 7.69. The Morgan fingerprint density at radius 3 is 3.06 bits per heavy atom. The van der Waals surface area contributed by atoms with Crippen molar-refractivity contribution < 1.29 is 4.79 Å². The Morgan fingerprint density at radius 1 is 1.69 bits per heavy atom. The summed E-state index contributed by atoms with van der Waals surface area (Å²) >= 11 is 0. The van der Waals surface area contributed by atoms with E-state index in [0.29, 0.717) is 12.2 Å². The number of aromatic nitrogens is 1. The number of nitrogens with one attached hydrogen (secondary N) is 2. The van der Waals surface area contributed by atoms with E-state index in [1.54, 1.807) is 26.2 Å². The van der Waals surface area contributed by atoms with Gasteiger partial charge in [-0.05, 0) is 13.0 Å². The number of hydrogen-bond acceptors (Lipinski definition) is 4. The number of hydrogen-bond donors (Lipinski definition) is 2. The molecule has 5 nitrogen and oxygen atoms in total. The van der Waals surface area contributed by atoms with Gasteiger partial charge < -0.3 is 10.6 Å². The summed E-state index contributed by atoms with van der Waals surface area (Å²) in [5.41, 5.74) is 1.18. The largest absolute Gasteiger partial charge is 0.358 e. The summed E-state index contributed by atoms with van der Waals surface area (Å²) < 4.78 is 0. The fourth-order valence-electron chi connectivity index (χ4n) is 1.25. The second-order valence-electron chi connectivity index (χ2n) is 3.34. The van der Waals surface area contributed by atoms with Gasteiger partial charge in [0.05, 0.1) is 6.04 Å². The minimum atomic E-state index is -0.295. The molecule has 0 aliphatic heterocycles. The number of likely N-dealkylation sites (N-methyl/N-ethyl adjacent to an activating group) is 1. The molecule has 0 saturated carbocycles. The number of nitrogens with zero attached hydrogens (tertiary/aromatic N) is 2. The summed E-state index contributed by atoms with van der Waals surface area (Å²) in [6, 6.07) is 5.30. The number of nitriles is 1. The number of pyridine rings is 1. The first kappa shape index (κ1) is 12.1. The van der Waals surface area contributed by atoms with Crippen LogP contribution in [0.5, 0.6) is 0 Å². The van der Waals surface area contributed by atoms with Crippen LogP contribution < -0.4 is 10.6 Å². The molecule has 16 heavy (non-hydrogen) atoms. The highest BCUT2D eigenvalue weighted by molar-refractivity contribution is 5.80. The van der Waals surface area contributed by atoms with E-state index in [1.165, 1.54) is 0 Å². The summed E-state index contributed by atoms with van der Waals surface area (Å²) in [5, 5.41) is 14.4. The van der Waals surface area contributed by atoms with Gasteiger partial charge in [0.25, 0.3) is 0 Å². The number of rotatable bonds is 4. The zero-order valence-electron chi connectivity index (χ0n) is 9.32. The topological polar surface area (TPSA) is 77.8 Å². The van der Waals surface area contributed by atoms with Crippen LogP contribution in [0.25, 0.3) is 0 Å². The Morgan fingerprint density at radius 2 is 2.44 bits per heavy atom. The predicted molar refractivity (Wildman–Crippen MR) is 59.3 cm³/mol. The Labute approximate surface area is 94.5 Å². The third-order valence-corrected chi connectivity index (χ3v) is 2.24. The standard InChI is InChI=1S/C11H14N4O/c1-8(11(16)13-2)15-7-9-4-3-5-14-10(9)6-12/h3-5,8,15H,7H2,1-2H3,(H,13,16). The molecule has 0 radical (unpaired) electrons. The molecular weight excluding hydrogens is 204 g/mol. The molecule has 1 aromatic rings. The van der Waals surface area contributed by atoms with Crippen molar-refractivity contribution in [2.24, 2.45) is 0 Å². The summed E-state index contributed by atoms with van der Waals surface area (Å²) in [6.07, 6.45) is 1.57. The zero-order valence-corrected chi connectivity index (χ0v) is 9.32. The van der Waals surface area contributed by atoms with E-state index in [1.807, 2.05) is 12.1 Å². The second kappa shape index (κ2) is 5.83. The van der Waals surface area contributed by atoms with E-state index >= 15 is 0 Å². The Hall–Kier alpha value is -1.93. The van der Waals surface area contributed by atoms with Gasteiger partial charge in [0.15, 0.2) is 0 Å². The van der Waals surface area contributed by atoms with Crippen LogP contribution in [0.15, 0.2) is 18.3 Å². The van der Waals surface area contributed by atoms with E-state index in [9.17, 15) is 4.79 Å². The highest BCUT2D eigenvalue weighted by Crippen LogP contribution is 2.03. The number of carbonyl (C=O) groups excluding carboxylic acids is 1. The van der Waals surface area contributed by atoms with E-state index < -0.39 is 0 Å². The molecule has 1 amide bonds. The van der Waals surface area contributed by atoms with E-state index in [-0.39, 0.29) is 11.9 Å². The van der Waals surface area contributed by atoms with Crippen molar-refractivity contribution in [3.63, 3.8) is 0 Å². The molecule has 0 saturated heterocycles. The molecule has 0 fully saturated rings. The lowest BCUT2D eigenvalue weighted by Gasteiger charge is -2.12. The molecular formula is C11H14N4O. The molecule has 0 aliphatic rings. The van der Waals surface area contributed by atoms with Gasteiger partial charge in [0.1, 0.15) is 11.8 Å². The van der Waals surface area contributed by atoms with Crippen LogP contribution in [0.3, 0.4) is 0 Å². The first-order valence-corrected chi connectivity index (χ1v) is 4.98. The maximum absolute atomic E-state index is 11.2. The van der Waals surface area contributed by atoms with Crippen LogP contribution >= 0.6 is 0 Å². The summed E-state index contributed by atoms with van der Waals surface area (Å²) in [7, 11) is 1.59. The van der Waals surface area contributed by atoms with Gasteiger partial charge in [-0.15, -0.1) is 0 Å². The molecule has 0 spiro atoms. The van der Waals surface area contributed by atoms with Gasteiger partial charge in [-0.3, -0.25) is 4.79 Å². The molecule has 1 unspecified atom stereocenters. The van der Waals surface area contributed by atoms with Crippen LogP contribution in [0.4, 0.5) is 0 Å². The van der Waals surface area contributed by atoms with Crippen LogP contribution in [-0.4, -0.2) is 24.0 Å². The molecule has 0 aliphatic carbocycles. The predicted octanol–water partition coefficient (Wildman–Crippen LogP) is 0.177. The van der Waals surface area contributed by atoms with Crippen molar-refractivity contribution in [1.82, 2.24) is 15.6 Å². The van der Waals surface area contributed by atoms with Crippen molar-refractivity contribution in [3.05, 3.63) is 29.6 Å². The quantitative estimate of drug-likeness (QED) is 0.755. The van der Waals surface area contributed by atoms with Gasteiger partial charge in [-0.1, -0.05) is 6.07 Å². The molecule has 1 heterocycles. The molecule has 2 N–H and O–H groups in total. The van der Waals surface area contributed by atoms with E-state index in [4.69, 9.17) is 5.26 Å². The van der Waals surface area contributed by atoms with Crippen LogP contribution in [0.1, 0.15) is 18.2 Å². The van der Waals surface area contributed by atoms with E-state index in [2.05, 4.69) is 15.6 Å². The lowest BCUT2D eigenvalue weighted by Crippen LogP contribution is -2.40. The fraction of sp³-hybridized carbons (Fsp3) is 0.364. The van der Waals surface area contributed by atoms with Crippen LogP contribution in [0, 0.1) is 11.3 Å². The average Bonchev–Trinajstić information content (AvgIpc) is 2.35. The van der Waals surface area contributed by atoms with Gasteiger partial charge in [0.2, 0.25) is 5.91 Å². The van der Waals surface area contributed by atoms with Crippen molar-refractivity contribution in [1.29, 1.82) is 5.26 Å². The summed E-state index contributed by atoms with van der Waals surface area (Å²) in [5.74, 6) is -0.0811. The maximum Gasteiger partial charge on any atom is 0.236 e. The lowest BCUT2D eigenvalue weighted by molar-refractivity contribution is -0.122. The first-order valence-electron chi connectivity index (χ1n) is 4.98. The Balaban J connectivity index is 2.62. The maximum atomic E-state index is 11.2. The minimum absolute atomic E-state index is 0.0811. The van der Waals surface area contributed by atoms with Crippen LogP contribution in [-0.2, 0) is 11.3 Å². The molecule has 0 bridgehead atoms. The van der Waals surface area contributed by atoms with Gasteiger partial charge in [-0.2, -0.15) is 5.26 Å². The minimum Gasteiger partial charge on any atom is -0.358 e. The van der Waals surface area contributed by atoms with Crippen molar-refractivity contribution in [3.8, 4) is 6.07 Å². The fourth-order valence-corrected chi connectivity index (χ4v) is 1.25. The lowest BCUT2D eigenvalue weighted by atomic mass is 10.2. The third kappa shape index (κ3) is 3.04. The molecule has 5 heteroatoms. The average molecular weight is 218 g/mol. The monoisotopic (exact) mass is 218 g/mol. The second-order valence-corrected chi connectivity index (χ2v) is 3.34. The third-order valence-electron chi connectivity index (χ3n) is 2.24. The number of amides is 1. The Kier molecular flexibility index (Phi) is 4.42. The molecule has 0 aromatic carbocycles. The number of carbonyl (C=O) groups is 1. The van der Waals surface area contributed by atoms with Gasteiger partial charge in [0, 0.05) is 25.4 Å². The van der Waals surface area contributed by atoms with Crippen molar-refractivity contribution in [2.45, 2.75) is 19.5 Å². The zero-order chi connectivity index (χ0) is 12.0. The molecule has 84 valence electrons. The van der Waals surface area contributed by atoms with Gasteiger partial charge >= 0.3 is 0 Å². The smallest absolute Gasteiger partial charge is 0.236 e. The highest BCUT2D eigenvalue weighted by atomic mass is 16.2. The van der Waals surface area contributed by atoms with E-state index in [0.717, 1.165) is 5.56 Å². The van der Waals surface area contributed by atoms with Gasteiger partial charge in [-0.25, -0.2) is 4.98 Å². The Bertz CT molecular complexity index is 411. The molecule has 1 aromatic heterocycles. The van der Waals surface area contributed by atoms with Crippen LogP contribution in [0.2, 0.25) is 0 Å². The summed E-state index contributed by atoms with van der Waals surface area (Å²) in [4.78, 5) is 15.2. The highest BCUT2D eigenvalue weighted by Gasteiger charge is 2.10. The molecule has 1 atom stereocenters. The summed E-state index contributed by atoms with van der Waals surface area (Å²) in [6.45, 7) is 2.21. The normalized spacial score (nSPS) is 11.6. The SMILES string of the molecule is CNC(=O)C(C)NCc1cccnc1C#N. The van der Waals surface area contributed by atoms with Crippen molar-refractivity contribution in [2.75, 3.05) is 7.05 Å². The van der Waals surface area contributed by atoms with Crippen molar-refractivity contribution >= 4 is 5.91 Å².